The molecule has 22 heavy (non-hydrogen) atoms. The van der Waals surface area contributed by atoms with Crippen molar-refractivity contribution in [2.45, 2.75) is 38.6 Å². The number of hydrogen-bond acceptors (Lipinski definition) is 2. The molecule has 1 fully saturated rings. The van der Waals surface area contributed by atoms with Crippen LogP contribution in [0, 0.1) is 5.92 Å². The fourth-order valence-corrected chi connectivity index (χ4v) is 3.27. The van der Waals surface area contributed by atoms with Gasteiger partial charge in [0.2, 0.25) is 5.91 Å². The second-order valence-corrected chi connectivity index (χ2v) is 6.59. The Morgan fingerprint density at radius 2 is 2.05 bits per heavy atom. The van der Waals surface area contributed by atoms with Gasteiger partial charge in [-0.2, -0.15) is 0 Å². The standard InChI is InChI=1S/C18H24ClNO2/c1-13(10-15-4-3-5-16(19)11-15)18(22)20(2)17-8-6-14(12-21)7-9-17/h3-5,10-11,14,17,21H,6-9,12H2,1-2H3/b13-10+. The molecule has 1 N–H and O–H groups in total. The van der Waals surface area contributed by atoms with Crippen molar-refractivity contribution in [2.75, 3.05) is 13.7 Å². The second kappa shape index (κ2) is 7.80. The predicted molar refractivity (Wildman–Crippen MR) is 90.7 cm³/mol. The molecule has 0 atom stereocenters. The highest BCUT2D eigenvalue weighted by Crippen LogP contribution is 2.27. The van der Waals surface area contributed by atoms with Gasteiger partial charge in [-0.05, 0) is 62.3 Å². The minimum absolute atomic E-state index is 0.0624. The lowest BCUT2D eigenvalue weighted by Crippen LogP contribution is -2.40. The molecule has 0 bridgehead atoms. The molecular formula is C18H24ClNO2. The summed E-state index contributed by atoms with van der Waals surface area (Å²) in [5.41, 5.74) is 1.66. The van der Waals surface area contributed by atoms with E-state index in [1.54, 1.807) is 0 Å². The predicted octanol–water partition coefficient (Wildman–Crippen LogP) is 3.75. The average molecular weight is 322 g/mol. The fraction of sp³-hybridized carbons (Fsp3) is 0.500. The molecule has 1 aliphatic carbocycles. The van der Waals surface area contributed by atoms with Gasteiger partial charge in [0.05, 0.1) is 0 Å². The van der Waals surface area contributed by atoms with Gasteiger partial charge in [0.25, 0.3) is 0 Å². The van der Waals surface area contributed by atoms with Crippen LogP contribution in [0.4, 0.5) is 0 Å². The normalized spacial score (nSPS) is 22.5. The topological polar surface area (TPSA) is 40.5 Å². The number of halogens is 1. The van der Waals surface area contributed by atoms with Gasteiger partial charge in [-0.15, -0.1) is 0 Å². The van der Waals surface area contributed by atoms with Crippen LogP contribution in [0.25, 0.3) is 6.08 Å². The van der Waals surface area contributed by atoms with E-state index >= 15 is 0 Å². The Hall–Kier alpha value is -1.32. The van der Waals surface area contributed by atoms with E-state index < -0.39 is 0 Å². The monoisotopic (exact) mass is 321 g/mol. The molecule has 0 aliphatic heterocycles. The molecule has 0 spiro atoms. The number of aliphatic hydroxyl groups excluding tert-OH is 1. The fourth-order valence-electron chi connectivity index (χ4n) is 3.07. The van der Waals surface area contributed by atoms with Crippen molar-refractivity contribution in [3.8, 4) is 0 Å². The third kappa shape index (κ3) is 4.34. The third-order valence-electron chi connectivity index (χ3n) is 4.51. The number of amides is 1. The van der Waals surface area contributed by atoms with Crippen molar-refractivity contribution in [3.63, 3.8) is 0 Å². The molecule has 1 aromatic carbocycles. The van der Waals surface area contributed by atoms with Crippen LogP contribution in [-0.2, 0) is 4.79 Å². The molecule has 1 aliphatic rings. The summed E-state index contributed by atoms with van der Waals surface area (Å²) in [5.74, 6) is 0.468. The van der Waals surface area contributed by atoms with E-state index in [1.807, 2.05) is 49.2 Å². The summed E-state index contributed by atoms with van der Waals surface area (Å²) in [6.07, 6.45) is 5.81. The molecule has 1 saturated carbocycles. The maximum absolute atomic E-state index is 12.6. The first kappa shape index (κ1) is 17.0. The lowest BCUT2D eigenvalue weighted by atomic mass is 9.86. The van der Waals surface area contributed by atoms with Crippen LogP contribution in [0.5, 0.6) is 0 Å². The maximum Gasteiger partial charge on any atom is 0.249 e. The Bertz CT molecular complexity index is 548. The molecule has 0 heterocycles. The smallest absolute Gasteiger partial charge is 0.249 e. The number of nitrogens with zero attached hydrogens (tertiary/aromatic N) is 1. The van der Waals surface area contributed by atoms with Crippen molar-refractivity contribution >= 4 is 23.6 Å². The first-order valence-corrected chi connectivity index (χ1v) is 8.21. The minimum atomic E-state index is 0.0624. The van der Waals surface area contributed by atoms with E-state index in [2.05, 4.69) is 0 Å². The highest BCUT2D eigenvalue weighted by atomic mass is 35.5. The molecule has 1 amide bonds. The first-order valence-electron chi connectivity index (χ1n) is 7.83. The quantitative estimate of drug-likeness (QED) is 0.858. The largest absolute Gasteiger partial charge is 0.396 e. The number of aliphatic hydroxyl groups is 1. The summed E-state index contributed by atoms with van der Waals surface area (Å²) < 4.78 is 0. The van der Waals surface area contributed by atoms with Gasteiger partial charge in [-0.3, -0.25) is 4.79 Å². The first-order chi connectivity index (χ1) is 10.5. The SMILES string of the molecule is C/C(=C\c1cccc(Cl)c1)C(=O)N(C)C1CCC(CO)CC1. The number of benzene rings is 1. The molecule has 0 unspecified atom stereocenters. The van der Waals surface area contributed by atoms with E-state index in [-0.39, 0.29) is 18.6 Å². The van der Waals surface area contributed by atoms with Crippen LogP contribution >= 0.6 is 11.6 Å². The molecule has 0 aromatic heterocycles. The van der Waals surface area contributed by atoms with Crippen LogP contribution in [0.15, 0.2) is 29.8 Å². The van der Waals surface area contributed by atoms with E-state index in [0.717, 1.165) is 31.2 Å². The van der Waals surface area contributed by atoms with Crippen molar-refractivity contribution < 1.29 is 9.90 Å². The van der Waals surface area contributed by atoms with Crippen LogP contribution in [-0.4, -0.2) is 35.6 Å². The minimum Gasteiger partial charge on any atom is -0.396 e. The molecule has 3 nitrogen and oxygen atoms in total. The summed E-state index contributed by atoms with van der Waals surface area (Å²) in [6, 6.07) is 7.77. The molecule has 1 aromatic rings. The lowest BCUT2D eigenvalue weighted by molar-refractivity contribution is -0.128. The molecule has 2 rings (SSSR count). The Labute approximate surface area is 137 Å². The Kier molecular flexibility index (Phi) is 6.04. The molecule has 0 radical (unpaired) electrons. The van der Waals surface area contributed by atoms with Gasteiger partial charge in [0.1, 0.15) is 0 Å². The summed E-state index contributed by atoms with van der Waals surface area (Å²) in [4.78, 5) is 14.4. The third-order valence-corrected chi connectivity index (χ3v) is 4.75. The van der Waals surface area contributed by atoms with Gasteiger partial charge in [0.15, 0.2) is 0 Å². The maximum atomic E-state index is 12.6. The molecule has 0 saturated heterocycles. The summed E-state index contributed by atoms with van der Waals surface area (Å²) in [7, 11) is 1.88. The van der Waals surface area contributed by atoms with E-state index in [1.165, 1.54) is 0 Å². The van der Waals surface area contributed by atoms with Gasteiger partial charge in [0, 0.05) is 30.3 Å². The number of carbonyl (C=O) groups excluding carboxylic acids is 1. The van der Waals surface area contributed by atoms with Crippen molar-refractivity contribution in [3.05, 3.63) is 40.4 Å². The Morgan fingerprint density at radius 1 is 1.36 bits per heavy atom. The second-order valence-electron chi connectivity index (χ2n) is 6.16. The highest BCUT2D eigenvalue weighted by Gasteiger charge is 2.26. The zero-order valence-electron chi connectivity index (χ0n) is 13.3. The van der Waals surface area contributed by atoms with Gasteiger partial charge >= 0.3 is 0 Å². The van der Waals surface area contributed by atoms with Crippen molar-refractivity contribution in [1.29, 1.82) is 0 Å². The number of likely N-dealkylation sites (N-methyl/N-ethyl adjacent to an activating group) is 1. The number of carbonyl (C=O) groups is 1. The van der Waals surface area contributed by atoms with Gasteiger partial charge in [-0.1, -0.05) is 23.7 Å². The molecule has 4 heteroatoms. The number of hydrogen-bond donors (Lipinski definition) is 1. The zero-order chi connectivity index (χ0) is 16.1. The summed E-state index contributed by atoms with van der Waals surface area (Å²) in [6.45, 7) is 2.11. The van der Waals surface area contributed by atoms with E-state index in [4.69, 9.17) is 11.6 Å². The van der Waals surface area contributed by atoms with Gasteiger partial charge in [-0.25, -0.2) is 0 Å². The number of rotatable bonds is 4. The van der Waals surface area contributed by atoms with Crippen LogP contribution < -0.4 is 0 Å². The summed E-state index contributed by atoms with van der Waals surface area (Å²) in [5, 5.41) is 9.87. The van der Waals surface area contributed by atoms with E-state index in [0.29, 0.717) is 16.5 Å². The Balaban J connectivity index is 2.01. The average Bonchev–Trinajstić information content (AvgIpc) is 2.53. The molecule has 120 valence electrons. The van der Waals surface area contributed by atoms with Crippen molar-refractivity contribution in [2.24, 2.45) is 5.92 Å². The zero-order valence-corrected chi connectivity index (χ0v) is 14.0. The van der Waals surface area contributed by atoms with Gasteiger partial charge < -0.3 is 10.0 Å². The highest BCUT2D eigenvalue weighted by molar-refractivity contribution is 6.30. The van der Waals surface area contributed by atoms with E-state index in [9.17, 15) is 9.90 Å². The molecular weight excluding hydrogens is 298 g/mol. The van der Waals surface area contributed by atoms with Crippen LogP contribution in [0.1, 0.15) is 38.2 Å². The van der Waals surface area contributed by atoms with Crippen molar-refractivity contribution in [1.82, 2.24) is 4.90 Å². The Morgan fingerprint density at radius 3 is 2.64 bits per heavy atom. The van der Waals surface area contributed by atoms with Crippen LogP contribution in [0.2, 0.25) is 5.02 Å². The lowest BCUT2D eigenvalue weighted by Gasteiger charge is -2.34. The summed E-state index contributed by atoms with van der Waals surface area (Å²) >= 11 is 5.97. The van der Waals surface area contributed by atoms with Crippen LogP contribution in [0.3, 0.4) is 0 Å².